The minimum atomic E-state index is -4.35. The van der Waals surface area contributed by atoms with Gasteiger partial charge >= 0.3 is 6.18 Å². The van der Waals surface area contributed by atoms with Crippen molar-refractivity contribution in [2.24, 2.45) is 0 Å². The predicted molar refractivity (Wildman–Crippen MR) is 66.1 cm³/mol. The lowest BCUT2D eigenvalue weighted by Gasteiger charge is -2.23. The molecule has 0 heterocycles. The minimum absolute atomic E-state index is 0.0544. The number of nitro groups is 1. The number of hydrogen-bond donors (Lipinski definition) is 1. The van der Waals surface area contributed by atoms with Crippen molar-refractivity contribution in [1.82, 2.24) is 4.90 Å². The van der Waals surface area contributed by atoms with Gasteiger partial charge in [0.15, 0.2) is 0 Å². The molecule has 1 rings (SSSR count). The molecule has 0 aromatic heterocycles. The second-order valence-corrected chi connectivity index (χ2v) is 4.33. The van der Waals surface area contributed by atoms with Crippen LogP contribution in [0.15, 0.2) is 24.3 Å². The number of hydrogen-bond acceptors (Lipinski definition) is 4. The number of non-ortho nitro benzene ring substituents is 1. The fraction of sp³-hybridized carbons (Fsp3) is 0.500. The van der Waals surface area contributed by atoms with Crippen molar-refractivity contribution < 1.29 is 23.2 Å². The third kappa shape index (κ3) is 5.98. The molecule has 8 heteroatoms. The molecule has 1 N–H and O–H groups in total. The first kappa shape index (κ1) is 16.4. The number of alkyl halides is 3. The van der Waals surface area contributed by atoms with Gasteiger partial charge in [0.25, 0.3) is 5.69 Å². The van der Waals surface area contributed by atoms with Crippen molar-refractivity contribution in [2.45, 2.75) is 19.1 Å². The van der Waals surface area contributed by atoms with E-state index in [9.17, 15) is 23.3 Å². The van der Waals surface area contributed by atoms with Crippen LogP contribution < -0.4 is 0 Å². The molecule has 0 fully saturated rings. The number of nitrogens with zero attached hydrogens (tertiary/aromatic N) is 2. The van der Waals surface area contributed by atoms with Gasteiger partial charge in [-0.05, 0) is 12.0 Å². The van der Waals surface area contributed by atoms with Crippen LogP contribution in [0.2, 0.25) is 0 Å². The first-order valence-electron chi connectivity index (χ1n) is 5.95. The second kappa shape index (κ2) is 7.20. The van der Waals surface area contributed by atoms with Crippen LogP contribution in [0.5, 0.6) is 0 Å². The molecule has 1 aromatic rings. The number of rotatable bonds is 7. The van der Waals surface area contributed by atoms with Crippen molar-refractivity contribution in [3.8, 4) is 0 Å². The van der Waals surface area contributed by atoms with E-state index in [0.717, 1.165) is 4.90 Å². The molecule has 0 atom stereocenters. The maximum Gasteiger partial charge on any atom is 0.401 e. The van der Waals surface area contributed by atoms with Gasteiger partial charge in [-0.2, -0.15) is 13.2 Å². The Morgan fingerprint density at radius 3 is 2.60 bits per heavy atom. The van der Waals surface area contributed by atoms with Crippen molar-refractivity contribution in [3.63, 3.8) is 0 Å². The topological polar surface area (TPSA) is 66.6 Å². The van der Waals surface area contributed by atoms with E-state index in [-0.39, 0.29) is 31.8 Å². The van der Waals surface area contributed by atoms with Crippen LogP contribution in [0.25, 0.3) is 0 Å². The molecule has 0 bridgehead atoms. The van der Waals surface area contributed by atoms with Crippen LogP contribution in [0.4, 0.5) is 18.9 Å². The fourth-order valence-electron chi connectivity index (χ4n) is 1.79. The quantitative estimate of drug-likeness (QED) is 0.619. The Morgan fingerprint density at radius 1 is 1.35 bits per heavy atom. The molecular formula is C12H15F3N2O3. The SMILES string of the molecule is O=[N+]([O-])c1cccc(CN(CCCO)CC(F)(F)F)c1. The summed E-state index contributed by atoms with van der Waals surface area (Å²) in [5.41, 5.74) is 0.276. The Morgan fingerprint density at radius 2 is 2.05 bits per heavy atom. The maximum absolute atomic E-state index is 12.4. The van der Waals surface area contributed by atoms with Crippen molar-refractivity contribution in [3.05, 3.63) is 39.9 Å². The highest BCUT2D eigenvalue weighted by Crippen LogP contribution is 2.20. The smallest absolute Gasteiger partial charge is 0.396 e. The summed E-state index contributed by atoms with van der Waals surface area (Å²) in [6.07, 6.45) is -4.14. The van der Waals surface area contributed by atoms with Gasteiger partial charge in [0, 0.05) is 31.8 Å². The summed E-state index contributed by atoms with van der Waals surface area (Å²) in [5, 5.41) is 19.3. The zero-order chi connectivity index (χ0) is 15.2. The molecule has 0 aliphatic heterocycles. The van der Waals surface area contributed by atoms with Crippen LogP contribution in [0.1, 0.15) is 12.0 Å². The Hall–Kier alpha value is -1.67. The van der Waals surface area contributed by atoms with E-state index < -0.39 is 17.6 Å². The highest BCUT2D eigenvalue weighted by atomic mass is 19.4. The summed E-state index contributed by atoms with van der Waals surface area (Å²) < 4.78 is 37.3. The van der Waals surface area contributed by atoms with E-state index in [1.54, 1.807) is 0 Å². The molecule has 20 heavy (non-hydrogen) atoms. The lowest BCUT2D eigenvalue weighted by molar-refractivity contribution is -0.384. The largest absolute Gasteiger partial charge is 0.401 e. The Kier molecular flexibility index (Phi) is 5.90. The molecule has 0 unspecified atom stereocenters. The van der Waals surface area contributed by atoms with Gasteiger partial charge in [-0.25, -0.2) is 0 Å². The number of aliphatic hydroxyl groups excluding tert-OH is 1. The Bertz CT molecular complexity index is 452. The Balaban J connectivity index is 2.77. The van der Waals surface area contributed by atoms with E-state index in [2.05, 4.69) is 0 Å². The van der Waals surface area contributed by atoms with Gasteiger partial charge in [-0.3, -0.25) is 15.0 Å². The average molecular weight is 292 g/mol. The molecule has 0 spiro atoms. The van der Waals surface area contributed by atoms with Gasteiger partial charge in [-0.1, -0.05) is 12.1 Å². The minimum Gasteiger partial charge on any atom is -0.396 e. The van der Waals surface area contributed by atoms with Gasteiger partial charge < -0.3 is 5.11 Å². The molecule has 0 amide bonds. The van der Waals surface area contributed by atoms with Crippen molar-refractivity contribution in [1.29, 1.82) is 0 Å². The van der Waals surface area contributed by atoms with Crippen LogP contribution in [0, 0.1) is 10.1 Å². The molecule has 112 valence electrons. The molecule has 0 aliphatic carbocycles. The van der Waals surface area contributed by atoms with Gasteiger partial charge in [0.2, 0.25) is 0 Å². The van der Waals surface area contributed by atoms with E-state index in [1.165, 1.54) is 24.3 Å². The Labute approximate surface area is 113 Å². The van der Waals surface area contributed by atoms with E-state index in [1.807, 2.05) is 0 Å². The number of nitro benzene ring substituents is 1. The highest BCUT2D eigenvalue weighted by molar-refractivity contribution is 5.34. The maximum atomic E-state index is 12.4. The fourth-order valence-corrected chi connectivity index (χ4v) is 1.79. The highest BCUT2D eigenvalue weighted by Gasteiger charge is 2.30. The summed E-state index contributed by atoms with van der Waals surface area (Å²) in [4.78, 5) is 11.1. The second-order valence-electron chi connectivity index (χ2n) is 4.33. The van der Waals surface area contributed by atoms with Gasteiger partial charge in [0.05, 0.1) is 11.5 Å². The first-order valence-corrected chi connectivity index (χ1v) is 5.95. The zero-order valence-electron chi connectivity index (χ0n) is 10.6. The van der Waals surface area contributed by atoms with Crippen LogP contribution in [-0.4, -0.2) is 40.8 Å². The standard InChI is InChI=1S/C12H15F3N2O3/c13-12(14,15)9-16(5-2-6-18)8-10-3-1-4-11(7-10)17(19)20/h1,3-4,7,18H,2,5-6,8-9H2. The summed E-state index contributed by atoms with van der Waals surface area (Å²) in [6, 6.07) is 5.51. The van der Waals surface area contributed by atoms with Gasteiger partial charge in [-0.15, -0.1) is 0 Å². The van der Waals surface area contributed by atoms with Crippen molar-refractivity contribution in [2.75, 3.05) is 19.7 Å². The van der Waals surface area contributed by atoms with E-state index >= 15 is 0 Å². The van der Waals surface area contributed by atoms with Crippen LogP contribution >= 0.6 is 0 Å². The molecule has 1 aromatic carbocycles. The number of benzene rings is 1. The molecule has 5 nitrogen and oxygen atoms in total. The number of halogens is 3. The van der Waals surface area contributed by atoms with Gasteiger partial charge in [0.1, 0.15) is 0 Å². The summed E-state index contributed by atoms with van der Waals surface area (Å²) in [7, 11) is 0. The summed E-state index contributed by atoms with van der Waals surface area (Å²) in [5.74, 6) is 0. The van der Waals surface area contributed by atoms with Crippen LogP contribution in [-0.2, 0) is 6.54 Å². The number of aliphatic hydroxyl groups is 1. The predicted octanol–water partition coefficient (Wildman–Crippen LogP) is 2.34. The third-order valence-corrected chi connectivity index (χ3v) is 2.56. The summed E-state index contributed by atoms with van der Waals surface area (Å²) in [6.45, 7) is -1.31. The molecule has 0 saturated carbocycles. The first-order chi connectivity index (χ1) is 9.31. The normalized spacial score (nSPS) is 11.8. The van der Waals surface area contributed by atoms with Crippen LogP contribution in [0.3, 0.4) is 0 Å². The lowest BCUT2D eigenvalue weighted by Crippen LogP contribution is -2.34. The summed E-state index contributed by atoms with van der Waals surface area (Å²) >= 11 is 0. The lowest BCUT2D eigenvalue weighted by atomic mass is 10.2. The van der Waals surface area contributed by atoms with E-state index in [0.29, 0.717) is 5.56 Å². The average Bonchev–Trinajstić information content (AvgIpc) is 2.34. The third-order valence-electron chi connectivity index (χ3n) is 2.56. The van der Waals surface area contributed by atoms with Crippen molar-refractivity contribution >= 4 is 5.69 Å². The molecule has 0 radical (unpaired) electrons. The zero-order valence-corrected chi connectivity index (χ0v) is 10.6. The van der Waals surface area contributed by atoms with E-state index in [4.69, 9.17) is 5.11 Å². The molecule has 0 saturated heterocycles. The monoisotopic (exact) mass is 292 g/mol. The molecule has 0 aliphatic rings. The molecular weight excluding hydrogens is 277 g/mol.